The lowest BCUT2D eigenvalue weighted by molar-refractivity contribution is -0.122. The van der Waals surface area contributed by atoms with Crippen LogP contribution in [-0.2, 0) is 10.5 Å². The summed E-state index contributed by atoms with van der Waals surface area (Å²) in [6.07, 6.45) is -0.746. The van der Waals surface area contributed by atoms with E-state index in [1.54, 1.807) is 18.7 Å². The first-order chi connectivity index (χ1) is 12.6. The number of amides is 1. The lowest BCUT2D eigenvalue weighted by atomic mass is 10.2. The number of anilines is 1. The number of carbonyl (C=O) groups excluding carboxylic acids is 1. The minimum Gasteiger partial charge on any atom is -0.481 e. The maximum absolute atomic E-state index is 12.9. The van der Waals surface area contributed by atoms with Gasteiger partial charge >= 0.3 is 0 Å². The zero-order chi connectivity index (χ0) is 18.4. The third kappa shape index (κ3) is 5.27. The number of halogens is 1. The van der Waals surface area contributed by atoms with Gasteiger partial charge in [0.25, 0.3) is 5.91 Å². The molecule has 2 aromatic carbocycles. The number of hydrogen-bond acceptors (Lipinski definition) is 6. The normalized spacial score (nSPS) is 11.8. The van der Waals surface area contributed by atoms with Crippen LogP contribution in [0.2, 0.25) is 0 Å². The van der Waals surface area contributed by atoms with Crippen molar-refractivity contribution in [3.63, 3.8) is 0 Å². The minimum absolute atomic E-state index is 0.343. The van der Waals surface area contributed by atoms with Crippen molar-refractivity contribution in [1.29, 1.82) is 0 Å². The number of aromatic nitrogens is 2. The lowest BCUT2D eigenvalue weighted by Gasteiger charge is -2.13. The van der Waals surface area contributed by atoms with Crippen molar-refractivity contribution in [2.45, 2.75) is 23.1 Å². The van der Waals surface area contributed by atoms with Crippen LogP contribution in [0.15, 0.2) is 58.9 Å². The van der Waals surface area contributed by atoms with Crippen molar-refractivity contribution in [3.8, 4) is 5.75 Å². The summed E-state index contributed by atoms with van der Waals surface area (Å²) in [7, 11) is 0. The van der Waals surface area contributed by atoms with E-state index in [2.05, 4.69) is 15.5 Å². The average Bonchev–Trinajstić information content (AvgIpc) is 3.10. The van der Waals surface area contributed by atoms with Crippen LogP contribution in [0.3, 0.4) is 0 Å². The molecule has 0 saturated heterocycles. The highest BCUT2D eigenvalue weighted by atomic mass is 32.2. The van der Waals surface area contributed by atoms with Crippen LogP contribution in [0.4, 0.5) is 9.52 Å². The fourth-order valence-corrected chi connectivity index (χ4v) is 3.73. The van der Waals surface area contributed by atoms with Crippen LogP contribution in [0, 0.1) is 5.82 Å². The molecule has 1 amide bonds. The molecule has 5 nitrogen and oxygen atoms in total. The molecular weight excluding hydrogens is 373 g/mol. The van der Waals surface area contributed by atoms with Gasteiger partial charge in [0.1, 0.15) is 11.6 Å². The number of nitrogens with zero attached hydrogens (tertiary/aromatic N) is 2. The van der Waals surface area contributed by atoms with E-state index in [0.29, 0.717) is 10.9 Å². The van der Waals surface area contributed by atoms with Gasteiger partial charge < -0.3 is 4.74 Å². The van der Waals surface area contributed by atoms with Gasteiger partial charge in [-0.15, -0.1) is 10.2 Å². The molecule has 1 heterocycles. The van der Waals surface area contributed by atoms with Crippen molar-refractivity contribution in [3.05, 3.63) is 66.0 Å². The SMILES string of the molecule is C[C@@H](Oc1ccc(F)cc1)C(=O)Nc1nnc(SCc2ccccc2)s1. The molecule has 0 radical (unpaired) electrons. The molecule has 0 spiro atoms. The molecule has 0 aliphatic carbocycles. The Hall–Kier alpha value is -2.45. The smallest absolute Gasteiger partial charge is 0.266 e. The Kier molecular flexibility index (Phi) is 6.19. The fourth-order valence-electron chi connectivity index (χ4n) is 2.02. The summed E-state index contributed by atoms with van der Waals surface area (Å²) in [5.74, 6) is 0.507. The number of ether oxygens (including phenoxy) is 1. The van der Waals surface area contributed by atoms with Gasteiger partial charge in [-0.3, -0.25) is 10.1 Å². The first-order valence-electron chi connectivity index (χ1n) is 7.83. The second-order valence-corrected chi connectivity index (χ2v) is 7.55. The Morgan fingerprint density at radius 2 is 1.92 bits per heavy atom. The first-order valence-corrected chi connectivity index (χ1v) is 9.63. The van der Waals surface area contributed by atoms with Gasteiger partial charge in [0.05, 0.1) is 0 Å². The third-order valence-corrected chi connectivity index (χ3v) is 5.38. The zero-order valence-corrected chi connectivity index (χ0v) is 15.5. The molecule has 0 fully saturated rings. The Balaban J connectivity index is 1.51. The predicted molar refractivity (Wildman–Crippen MR) is 101 cm³/mol. The molecule has 1 aromatic heterocycles. The van der Waals surface area contributed by atoms with Gasteiger partial charge in [-0.1, -0.05) is 53.4 Å². The van der Waals surface area contributed by atoms with E-state index in [9.17, 15) is 9.18 Å². The number of benzene rings is 2. The standard InChI is InChI=1S/C18H16FN3O2S2/c1-12(24-15-9-7-14(19)8-10-15)16(23)20-17-21-22-18(26-17)25-11-13-5-3-2-4-6-13/h2-10,12H,11H2,1H3,(H,20,21,23)/t12-/m1/s1. The van der Waals surface area contributed by atoms with Gasteiger partial charge in [-0.05, 0) is 36.8 Å². The van der Waals surface area contributed by atoms with Gasteiger partial charge in [-0.2, -0.15) is 0 Å². The van der Waals surface area contributed by atoms with E-state index in [4.69, 9.17) is 4.74 Å². The number of hydrogen-bond donors (Lipinski definition) is 1. The van der Waals surface area contributed by atoms with E-state index < -0.39 is 6.10 Å². The van der Waals surface area contributed by atoms with Gasteiger partial charge in [0.15, 0.2) is 10.4 Å². The first kappa shape index (κ1) is 18.3. The Labute approximate surface area is 158 Å². The van der Waals surface area contributed by atoms with Gasteiger partial charge in [0, 0.05) is 5.75 Å². The van der Waals surface area contributed by atoms with E-state index >= 15 is 0 Å². The molecular formula is C18H16FN3O2S2. The Bertz CT molecular complexity index is 856. The molecule has 1 atom stereocenters. The van der Waals surface area contributed by atoms with Gasteiger partial charge in [0.2, 0.25) is 5.13 Å². The number of nitrogens with one attached hydrogen (secondary N) is 1. The molecule has 0 aliphatic heterocycles. The molecule has 0 saturated carbocycles. The zero-order valence-electron chi connectivity index (χ0n) is 13.9. The summed E-state index contributed by atoms with van der Waals surface area (Å²) in [4.78, 5) is 12.2. The number of thioether (sulfide) groups is 1. The van der Waals surface area contributed by atoms with Crippen LogP contribution in [0.5, 0.6) is 5.75 Å². The largest absolute Gasteiger partial charge is 0.481 e. The highest BCUT2D eigenvalue weighted by Gasteiger charge is 2.17. The molecule has 8 heteroatoms. The van der Waals surface area contributed by atoms with Crippen molar-refractivity contribution >= 4 is 34.1 Å². The summed E-state index contributed by atoms with van der Waals surface area (Å²) in [5.41, 5.74) is 1.19. The van der Waals surface area contributed by atoms with E-state index in [-0.39, 0.29) is 11.7 Å². The summed E-state index contributed by atoms with van der Waals surface area (Å²) in [5, 5.41) is 11.2. The van der Waals surface area contributed by atoms with Crippen LogP contribution in [0.1, 0.15) is 12.5 Å². The quantitative estimate of drug-likeness (QED) is 0.480. The monoisotopic (exact) mass is 389 g/mol. The average molecular weight is 389 g/mol. The summed E-state index contributed by atoms with van der Waals surface area (Å²) in [6, 6.07) is 15.6. The second kappa shape index (κ2) is 8.77. The maximum atomic E-state index is 12.9. The Morgan fingerprint density at radius 1 is 1.19 bits per heavy atom. The van der Waals surface area contributed by atoms with Crippen molar-refractivity contribution in [2.75, 3.05) is 5.32 Å². The molecule has 0 aliphatic rings. The van der Waals surface area contributed by atoms with Crippen LogP contribution in [-0.4, -0.2) is 22.2 Å². The minimum atomic E-state index is -0.746. The molecule has 0 bridgehead atoms. The van der Waals surface area contributed by atoms with Crippen molar-refractivity contribution < 1.29 is 13.9 Å². The van der Waals surface area contributed by atoms with Crippen LogP contribution < -0.4 is 10.1 Å². The highest BCUT2D eigenvalue weighted by molar-refractivity contribution is 8.00. The van der Waals surface area contributed by atoms with E-state index in [1.807, 2.05) is 30.3 Å². The molecule has 0 unspecified atom stereocenters. The fraction of sp³-hybridized carbons (Fsp3) is 0.167. The van der Waals surface area contributed by atoms with Crippen molar-refractivity contribution in [2.24, 2.45) is 0 Å². The number of rotatable bonds is 7. The highest BCUT2D eigenvalue weighted by Crippen LogP contribution is 2.28. The second-order valence-electron chi connectivity index (χ2n) is 5.35. The topological polar surface area (TPSA) is 64.1 Å². The summed E-state index contributed by atoms with van der Waals surface area (Å²) >= 11 is 2.87. The van der Waals surface area contributed by atoms with Crippen LogP contribution >= 0.6 is 23.1 Å². The predicted octanol–water partition coefficient (Wildman–Crippen LogP) is 4.38. The maximum Gasteiger partial charge on any atom is 0.266 e. The molecule has 3 aromatic rings. The Morgan fingerprint density at radius 3 is 2.65 bits per heavy atom. The van der Waals surface area contributed by atoms with E-state index in [1.165, 1.54) is 41.2 Å². The van der Waals surface area contributed by atoms with Crippen LogP contribution in [0.25, 0.3) is 0 Å². The van der Waals surface area contributed by atoms with Gasteiger partial charge in [-0.25, -0.2) is 4.39 Å². The van der Waals surface area contributed by atoms with E-state index in [0.717, 1.165) is 10.1 Å². The molecule has 1 N–H and O–H groups in total. The molecule has 3 rings (SSSR count). The third-order valence-electron chi connectivity index (χ3n) is 3.34. The molecule has 134 valence electrons. The summed E-state index contributed by atoms with van der Waals surface area (Å²) in [6.45, 7) is 1.62. The molecule has 26 heavy (non-hydrogen) atoms. The van der Waals surface area contributed by atoms with Crippen molar-refractivity contribution in [1.82, 2.24) is 10.2 Å². The summed E-state index contributed by atoms with van der Waals surface area (Å²) < 4.78 is 19.2. The lowest BCUT2D eigenvalue weighted by Crippen LogP contribution is -2.30. The number of carbonyl (C=O) groups is 1.